The van der Waals surface area contributed by atoms with Crippen LogP contribution in [-0.4, -0.2) is 40.6 Å². The SMILES string of the molecule is O=C(c1cccc(Cl)n1)N1CCC(CCO)C1. The Balaban J connectivity index is 2.02. The van der Waals surface area contributed by atoms with Crippen LogP contribution in [0.4, 0.5) is 0 Å². The molecule has 1 amide bonds. The Hall–Kier alpha value is -1.13. The Morgan fingerprint density at radius 3 is 3.12 bits per heavy atom. The van der Waals surface area contributed by atoms with Crippen molar-refractivity contribution in [3.63, 3.8) is 0 Å². The van der Waals surface area contributed by atoms with Crippen molar-refractivity contribution >= 4 is 17.5 Å². The Morgan fingerprint density at radius 2 is 2.41 bits per heavy atom. The van der Waals surface area contributed by atoms with Crippen molar-refractivity contribution in [2.24, 2.45) is 5.92 Å². The largest absolute Gasteiger partial charge is 0.396 e. The van der Waals surface area contributed by atoms with E-state index in [9.17, 15) is 4.79 Å². The number of carbonyl (C=O) groups is 1. The van der Waals surface area contributed by atoms with Gasteiger partial charge in [-0.05, 0) is 30.9 Å². The lowest BCUT2D eigenvalue weighted by Crippen LogP contribution is -2.29. The van der Waals surface area contributed by atoms with Crippen LogP contribution in [0, 0.1) is 5.92 Å². The summed E-state index contributed by atoms with van der Waals surface area (Å²) in [4.78, 5) is 17.9. The third-order valence-electron chi connectivity index (χ3n) is 3.04. The molecule has 5 heteroatoms. The van der Waals surface area contributed by atoms with E-state index in [1.54, 1.807) is 23.1 Å². The summed E-state index contributed by atoms with van der Waals surface area (Å²) in [5.74, 6) is 0.330. The van der Waals surface area contributed by atoms with Crippen molar-refractivity contribution in [1.82, 2.24) is 9.88 Å². The van der Waals surface area contributed by atoms with Crippen molar-refractivity contribution in [1.29, 1.82) is 0 Å². The lowest BCUT2D eigenvalue weighted by molar-refractivity contribution is 0.0779. The van der Waals surface area contributed by atoms with Crippen LogP contribution in [0.2, 0.25) is 5.15 Å². The van der Waals surface area contributed by atoms with Crippen molar-refractivity contribution in [2.75, 3.05) is 19.7 Å². The van der Waals surface area contributed by atoms with Gasteiger partial charge in [0.1, 0.15) is 10.8 Å². The van der Waals surface area contributed by atoms with E-state index in [2.05, 4.69) is 4.98 Å². The van der Waals surface area contributed by atoms with Gasteiger partial charge >= 0.3 is 0 Å². The zero-order chi connectivity index (χ0) is 12.3. The van der Waals surface area contributed by atoms with Gasteiger partial charge in [0.15, 0.2) is 0 Å². The maximum atomic E-state index is 12.1. The zero-order valence-corrected chi connectivity index (χ0v) is 10.2. The van der Waals surface area contributed by atoms with Crippen molar-refractivity contribution in [3.8, 4) is 0 Å². The molecule has 2 rings (SSSR count). The summed E-state index contributed by atoms with van der Waals surface area (Å²) in [6.07, 6.45) is 1.71. The van der Waals surface area contributed by atoms with Gasteiger partial charge in [0.2, 0.25) is 0 Å². The molecule has 17 heavy (non-hydrogen) atoms. The molecule has 0 bridgehead atoms. The third kappa shape index (κ3) is 2.96. The van der Waals surface area contributed by atoms with Crippen LogP contribution in [0.5, 0.6) is 0 Å². The van der Waals surface area contributed by atoms with Crippen LogP contribution in [0.1, 0.15) is 23.3 Å². The molecule has 0 radical (unpaired) electrons. The Morgan fingerprint density at radius 1 is 1.59 bits per heavy atom. The highest BCUT2D eigenvalue weighted by molar-refractivity contribution is 6.29. The molecule has 1 aliphatic heterocycles. The summed E-state index contributed by atoms with van der Waals surface area (Å²) >= 11 is 5.76. The molecule has 1 unspecified atom stereocenters. The second-order valence-corrected chi connectivity index (χ2v) is 4.65. The smallest absolute Gasteiger partial charge is 0.272 e. The molecule has 1 N–H and O–H groups in total. The Labute approximate surface area is 105 Å². The lowest BCUT2D eigenvalue weighted by atomic mass is 10.1. The third-order valence-corrected chi connectivity index (χ3v) is 3.26. The number of carbonyl (C=O) groups excluding carboxylic acids is 1. The van der Waals surface area contributed by atoms with Gasteiger partial charge in [0.25, 0.3) is 5.91 Å². The van der Waals surface area contributed by atoms with Crippen LogP contribution in [0.15, 0.2) is 18.2 Å². The summed E-state index contributed by atoms with van der Waals surface area (Å²) in [5, 5.41) is 9.21. The average molecular weight is 255 g/mol. The molecule has 1 fully saturated rings. The number of halogens is 1. The Bertz CT molecular complexity index is 411. The first-order valence-electron chi connectivity index (χ1n) is 5.73. The predicted molar refractivity (Wildman–Crippen MR) is 65.0 cm³/mol. The normalized spacial score (nSPS) is 19.6. The monoisotopic (exact) mass is 254 g/mol. The zero-order valence-electron chi connectivity index (χ0n) is 9.47. The molecular formula is C12H15ClN2O2. The van der Waals surface area contributed by atoms with E-state index < -0.39 is 0 Å². The number of amides is 1. The molecule has 1 aromatic heterocycles. The molecule has 2 heterocycles. The maximum Gasteiger partial charge on any atom is 0.272 e. The molecule has 1 saturated heterocycles. The standard InChI is InChI=1S/C12H15ClN2O2/c13-11-3-1-2-10(14-11)12(17)15-6-4-9(8-15)5-7-16/h1-3,9,16H,4-8H2. The fourth-order valence-corrected chi connectivity index (χ4v) is 2.29. The average Bonchev–Trinajstić information content (AvgIpc) is 2.77. The van der Waals surface area contributed by atoms with E-state index in [0.29, 0.717) is 23.3 Å². The van der Waals surface area contributed by atoms with Gasteiger partial charge < -0.3 is 10.0 Å². The minimum Gasteiger partial charge on any atom is -0.396 e. The lowest BCUT2D eigenvalue weighted by Gasteiger charge is -2.15. The van der Waals surface area contributed by atoms with E-state index in [-0.39, 0.29) is 12.5 Å². The number of aliphatic hydroxyl groups is 1. The van der Waals surface area contributed by atoms with Crippen LogP contribution in [0.3, 0.4) is 0 Å². The van der Waals surface area contributed by atoms with Crippen molar-refractivity contribution in [3.05, 3.63) is 29.0 Å². The number of likely N-dealkylation sites (tertiary alicyclic amines) is 1. The summed E-state index contributed by atoms with van der Waals surface area (Å²) < 4.78 is 0. The van der Waals surface area contributed by atoms with Crippen molar-refractivity contribution in [2.45, 2.75) is 12.8 Å². The second-order valence-electron chi connectivity index (χ2n) is 4.26. The number of rotatable bonds is 3. The molecule has 1 aromatic rings. The highest BCUT2D eigenvalue weighted by Gasteiger charge is 2.27. The van der Waals surface area contributed by atoms with Gasteiger partial charge in [0.05, 0.1) is 0 Å². The highest BCUT2D eigenvalue weighted by atomic mass is 35.5. The summed E-state index contributed by atoms with van der Waals surface area (Å²) in [6, 6.07) is 5.05. The van der Waals surface area contributed by atoms with E-state index >= 15 is 0 Å². The Kier molecular flexibility index (Phi) is 3.97. The van der Waals surface area contributed by atoms with E-state index in [1.165, 1.54) is 0 Å². The number of aromatic nitrogens is 1. The minimum atomic E-state index is -0.0760. The van der Waals surface area contributed by atoms with Gasteiger partial charge in [0, 0.05) is 19.7 Å². The topological polar surface area (TPSA) is 53.4 Å². The summed E-state index contributed by atoms with van der Waals surface area (Å²) in [6.45, 7) is 1.62. The van der Waals surface area contributed by atoms with Crippen LogP contribution >= 0.6 is 11.6 Å². The molecule has 0 aliphatic carbocycles. The highest BCUT2D eigenvalue weighted by Crippen LogP contribution is 2.21. The fraction of sp³-hybridized carbons (Fsp3) is 0.500. The number of hydrogen-bond acceptors (Lipinski definition) is 3. The maximum absolute atomic E-state index is 12.1. The first-order chi connectivity index (χ1) is 8.20. The molecule has 1 aliphatic rings. The van der Waals surface area contributed by atoms with Gasteiger partial charge in [-0.2, -0.15) is 0 Å². The van der Waals surface area contributed by atoms with Crippen LogP contribution < -0.4 is 0 Å². The van der Waals surface area contributed by atoms with Gasteiger partial charge in [-0.1, -0.05) is 17.7 Å². The summed E-state index contributed by atoms with van der Waals surface area (Å²) in [5.41, 5.74) is 0.391. The van der Waals surface area contributed by atoms with Gasteiger partial charge in [-0.15, -0.1) is 0 Å². The van der Waals surface area contributed by atoms with Crippen molar-refractivity contribution < 1.29 is 9.90 Å². The fourth-order valence-electron chi connectivity index (χ4n) is 2.12. The van der Waals surface area contributed by atoms with Gasteiger partial charge in [-0.25, -0.2) is 4.98 Å². The first kappa shape index (κ1) is 12.3. The van der Waals surface area contributed by atoms with Gasteiger partial charge in [-0.3, -0.25) is 4.79 Å². The quantitative estimate of drug-likeness (QED) is 0.834. The molecule has 1 atom stereocenters. The number of pyridine rings is 1. The second kappa shape index (κ2) is 5.47. The molecule has 0 aromatic carbocycles. The molecule has 92 valence electrons. The molecular weight excluding hydrogens is 240 g/mol. The minimum absolute atomic E-state index is 0.0760. The first-order valence-corrected chi connectivity index (χ1v) is 6.11. The van der Waals surface area contributed by atoms with E-state index in [0.717, 1.165) is 19.4 Å². The summed E-state index contributed by atoms with van der Waals surface area (Å²) in [7, 11) is 0. The number of nitrogens with zero attached hydrogens (tertiary/aromatic N) is 2. The number of hydrogen-bond donors (Lipinski definition) is 1. The van der Waals surface area contributed by atoms with E-state index in [1.807, 2.05) is 0 Å². The molecule has 4 nitrogen and oxygen atoms in total. The van der Waals surface area contributed by atoms with E-state index in [4.69, 9.17) is 16.7 Å². The van der Waals surface area contributed by atoms with Crippen LogP contribution in [0.25, 0.3) is 0 Å². The molecule has 0 spiro atoms. The molecule has 0 saturated carbocycles. The predicted octanol–water partition coefficient (Wildman–Crippen LogP) is 1.58. The number of aliphatic hydroxyl groups excluding tert-OH is 1. The van der Waals surface area contributed by atoms with Crippen LogP contribution in [-0.2, 0) is 0 Å².